The van der Waals surface area contributed by atoms with Gasteiger partial charge in [-0.05, 0) is 38.3 Å². The lowest BCUT2D eigenvalue weighted by molar-refractivity contribution is 0.119. The molecule has 27 heavy (non-hydrogen) atoms. The second-order valence-corrected chi connectivity index (χ2v) is 7.30. The molecule has 1 aliphatic heterocycles. The standard InChI is InChI=1S/C20H24N4O3/c1-12(7-8-13-4-3-10-21-19(13)26)22-16-9-11-24-17-14(18(16)25)5-2-6-15(17)23-20(24)27/h2-6,10,12,16,18,22,25H,7-9,11H2,1H3,(H,21,26)(H,23,27). The highest BCUT2D eigenvalue weighted by molar-refractivity contribution is 5.79. The number of rotatable bonds is 5. The first-order chi connectivity index (χ1) is 13.0. The highest BCUT2D eigenvalue weighted by Gasteiger charge is 2.29. The van der Waals surface area contributed by atoms with Gasteiger partial charge in [-0.25, -0.2) is 4.79 Å². The average molecular weight is 368 g/mol. The average Bonchev–Trinajstić information content (AvgIpc) is 2.91. The summed E-state index contributed by atoms with van der Waals surface area (Å²) in [4.78, 5) is 29.6. The van der Waals surface area contributed by atoms with Gasteiger partial charge in [0.2, 0.25) is 0 Å². The van der Waals surface area contributed by atoms with Crippen LogP contribution in [0.25, 0.3) is 11.0 Å². The van der Waals surface area contributed by atoms with E-state index in [0.29, 0.717) is 19.4 Å². The van der Waals surface area contributed by atoms with Crippen molar-refractivity contribution in [1.29, 1.82) is 0 Å². The molecule has 0 saturated heterocycles. The smallest absolute Gasteiger partial charge is 0.326 e. The van der Waals surface area contributed by atoms with E-state index in [-0.39, 0.29) is 23.3 Å². The summed E-state index contributed by atoms with van der Waals surface area (Å²) in [5, 5.41) is 14.4. The molecule has 1 aromatic carbocycles. The Morgan fingerprint density at radius 1 is 1.30 bits per heavy atom. The largest absolute Gasteiger partial charge is 0.387 e. The summed E-state index contributed by atoms with van der Waals surface area (Å²) >= 11 is 0. The molecule has 4 N–H and O–H groups in total. The van der Waals surface area contributed by atoms with Crippen molar-refractivity contribution < 1.29 is 5.11 Å². The zero-order valence-corrected chi connectivity index (χ0v) is 15.2. The summed E-state index contributed by atoms with van der Waals surface area (Å²) in [6.07, 6.45) is 3.04. The van der Waals surface area contributed by atoms with Gasteiger partial charge in [0.1, 0.15) is 0 Å². The molecule has 0 aliphatic carbocycles. The molecule has 1 aliphatic rings. The molecule has 0 saturated carbocycles. The molecule has 3 aromatic rings. The van der Waals surface area contributed by atoms with E-state index < -0.39 is 6.10 Å². The first kappa shape index (κ1) is 17.8. The van der Waals surface area contributed by atoms with Crippen molar-refractivity contribution in [2.24, 2.45) is 0 Å². The first-order valence-electron chi connectivity index (χ1n) is 9.36. The van der Waals surface area contributed by atoms with Crippen LogP contribution in [0, 0.1) is 0 Å². The van der Waals surface area contributed by atoms with Crippen LogP contribution < -0.4 is 16.6 Å². The monoisotopic (exact) mass is 368 g/mol. The lowest BCUT2D eigenvalue weighted by Gasteiger charge is -2.26. The van der Waals surface area contributed by atoms with E-state index >= 15 is 0 Å². The number of nitrogens with zero attached hydrogens (tertiary/aromatic N) is 1. The van der Waals surface area contributed by atoms with Crippen LogP contribution >= 0.6 is 0 Å². The Hall–Kier alpha value is -2.64. The summed E-state index contributed by atoms with van der Waals surface area (Å²) in [5.74, 6) is 0. The maximum atomic E-state index is 12.2. The number of hydrogen-bond donors (Lipinski definition) is 4. The van der Waals surface area contributed by atoms with Crippen molar-refractivity contribution in [2.45, 2.75) is 50.9 Å². The Kier molecular flexibility index (Phi) is 4.72. The Labute approximate surface area is 156 Å². The van der Waals surface area contributed by atoms with Gasteiger partial charge in [-0.2, -0.15) is 0 Å². The van der Waals surface area contributed by atoms with Crippen LogP contribution in [0.4, 0.5) is 0 Å². The number of nitrogens with one attached hydrogen (secondary N) is 3. The molecule has 142 valence electrons. The molecule has 4 rings (SSSR count). The molecular weight excluding hydrogens is 344 g/mol. The summed E-state index contributed by atoms with van der Waals surface area (Å²) in [7, 11) is 0. The van der Waals surface area contributed by atoms with E-state index in [1.165, 1.54) is 0 Å². The third-order valence-electron chi connectivity index (χ3n) is 5.43. The number of benzene rings is 1. The zero-order chi connectivity index (χ0) is 19.0. The number of H-pyrrole nitrogens is 2. The van der Waals surface area contributed by atoms with E-state index in [1.807, 2.05) is 30.3 Å². The van der Waals surface area contributed by atoms with Gasteiger partial charge in [-0.3, -0.25) is 9.36 Å². The maximum absolute atomic E-state index is 12.2. The number of para-hydroxylation sites is 1. The van der Waals surface area contributed by atoms with Crippen molar-refractivity contribution >= 4 is 11.0 Å². The minimum atomic E-state index is -0.694. The molecule has 2 aromatic heterocycles. The number of aryl methyl sites for hydroxylation is 2. The lowest BCUT2D eigenvalue weighted by atomic mass is 9.98. The summed E-state index contributed by atoms with van der Waals surface area (Å²) < 4.78 is 1.71. The maximum Gasteiger partial charge on any atom is 0.326 e. The Morgan fingerprint density at radius 3 is 2.96 bits per heavy atom. The van der Waals surface area contributed by atoms with Crippen LogP contribution in [0.3, 0.4) is 0 Å². The van der Waals surface area contributed by atoms with E-state index in [4.69, 9.17) is 0 Å². The van der Waals surface area contributed by atoms with Crippen LogP contribution in [0.2, 0.25) is 0 Å². The third kappa shape index (κ3) is 3.36. The second-order valence-electron chi connectivity index (χ2n) is 7.30. The minimum Gasteiger partial charge on any atom is -0.387 e. The van der Waals surface area contributed by atoms with Crippen molar-refractivity contribution in [3.8, 4) is 0 Å². The fourth-order valence-corrected chi connectivity index (χ4v) is 3.99. The van der Waals surface area contributed by atoms with E-state index in [1.54, 1.807) is 10.8 Å². The number of pyridine rings is 1. The number of hydrogen-bond acceptors (Lipinski definition) is 4. The molecule has 7 nitrogen and oxygen atoms in total. The Bertz CT molecular complexity index is 1060. The molecule has 0 amide bonds. The lowest BCUT2D eigenvalue weighted by Crippen LogP contribution is -2.41. The number of aromatic amines is 2. The molecule has 0 fully saturated rings. The minimum absolute atomic E-state index is 0.0514. The first-order valence-corrected chi connectivity index (χ1v) is 9.36. The second kappa shape index (κ2) is 7.17. The highest BCUT2D eigenvalue weighted by atomic mass is 16.3. The van der Waals surface area contributed by atoms with Gasteiger partial charge >= 0.3 is 5.69 Å². The van der Waals surface area contributed by atoms with Gasteiger partial charge in [-0.1, -0.05) is 18.2 Å². The number of aromatic nitrogens is 3. The summed E-state index contributed by atoms with van der Waals surface area (Å²) in [5.41, 5.74) is 2.90. The Balaban J connectivity index is 1.49. The van der Waals surface area contributed by atoms with Crippen molar-refractivity contribution in [1.82, 2.24) is 19.9 Å². The van der Waals surface area contributed by atoms with E-state index in [0.717, 1.165) is 28.6 Å². The molecular formula is C20H24N4O3. The SMILES string of the molecule is CC(CCc1ccc[nH]c1=O)NC1CCn2c(=O)[nH]c3cccc(c32)C1O. The van der Waals surface area contributed by atoms with Crippen molar-refractivity contribution in [2.75, 3.05) is 0 Å². The summed E-state index contributed by atoms with van der Waals surface area (Å²) in [6.45, 7) is 2.61. The van der Waals surface area contributed by atoms with Crippen LogP contribution in [0.15, 0.2) is 46.1 Å². The molecule has 7 heteroatoms. The van der Waals surface area contributed by atoms with Gasteiger partial charge in [0.05, 0.1) is 17.1 Å². The van der Waals surface area contributed by atoms with E-state index in [9.17, 15) is 14.7 Å². The quantitative estimate of drug-likeness (QED) is 0.547. The predicted octanol–water partition coefficient (Wildman–Crippen LogP) is 1.43. The van der Waals surface area contributed by atoms with Crippen LogP contribution in [0.1, 0.15) is 37.0 Å². The zero-order valence-electron chi connectivity index (χ0n) is 15.2. The van der Waals surface area contributed by atoms with Gasteiger partial charge in [0, 0.05) is 36.0 Å². The third-order valence-corrected chi connectivity index (χ3v) is 5.43. The fourth-order valence-electron chi connectivity index (χ4n) is 3.99. The molecule has 0 bridgehead atoms. The van der Waals surface area contributed by atoms with Crippen LogP contribution in [0.5, 0.6) is 0 Å². The molecule has 3 unspecified atom stereocenters. The molecule has 3 atom stereocenters. The topological polar surface area (TPSA) is 103 Å². The van der Waals surface area contributed by atoms with Crippen LogP contribution in [-0.4, -0.2) is 31.7 Å². The number of aliphatic hydroxyl groups is 1. The predicted molar refractivity (Wildman–Crippen MR) is 104 cm³/mol. The van der Waals surface area contributed by atoms with Crippen LogP contribution in [-0.2, 0) is 13.0 Å². The van der Waals surface area contributed by atoms with Gasteiger partial charge in [0.15, 0.2) is 0 Å². The van der Waals surface area contributed by atoms with Gasteiger partial charge in [0.25, 0.3) is 5.56 Å². The fraction of sp³-hybridized carbons (Fsp3) is 0.400. The Morgan fingerprint density at radius 2 is 2.15 bits per heavy atom. The molecule has 0 spiro atoms. The van der Waals surface area contributed by atoms with Gasteiger partial charge in [-0.15, -0.1) is 0 Å². The summed E-state index contributed by atoms with van der Waals surface area (Å²) in [6, 6.07) is 9.23. The number of aliphatic hydroxyl groups excluding tert-OH is 1. The van der Waals surface area contributed by atoms with E-state index in [2.05, 4.69) is 22.2 Å². The molecule has 0 radical (unpaired) electrons. The van der Waals surface area contributed by atoms with Gasteiger partial charge < -0.3 is 20.4 Å². The number of imidazole rings is 1. The highest BCUT2D eigenvalue weighted by Crippen LogP contribution is 2.29. The molecule has 3 heterocycles. The van der Waals surface area contributed by atoms with Crippen molar-refractivity contribution in [3.05, 3.63) is 68.5 Å². The normalized spacial score (nSPS) is 20.5. The van der Waals surface area contributed by atoms with Crippen molar-refractivity contribution in [3.63, 3.8) is 0 Å².